The molecule has 0 fully saturated rings. The maximum Gasteiger partial charge on any atom is 0.222 e. The number of hydrazone groups is 1. The van der Waals surface area contributed by atoms with Crippen LogP contribution in [0.3, 0.4) is 0 Å². The van der Waals surface area contributed by atoms with Crippen molar-refractivity contribution in [3.8, 4) is 0 Å². The van der Waals surface area contributed by atoms with E-state index < -0.39 is 0 Å². The number of anilines is 1. The SMILES string of the molecule is Cc1ccc2nc(N/N=C\c3cccnc3)[nH]c2c1. The van der Waals surface area contributed by atoms with E-state index in [1.165, 1.54) is 5.56 Å². The van der Waals surface area contributed by atoms with E-state index in [9.17, 15) is 0 Å². The normalized spacial score (nSPS) is 11.2. The van der Waals surface area contributed by atoms with E-state index in [0.717, 1.165) is 16.6 Å². The van der Waals surface area contributed by atoms with Gasteiger partial charge in [0.15, 0.2) is 0 Å². The van der Waals surface area contributed by atoms with Crippen molar-refractivity contribution in [2.45, 2.75) is 6.92 Å². The Morgan fingerprint density at radius 2 is 2.26 bits per heavy atom. The van der Waals surface area contributed by atoms with Gasteiger partial charge in [-0.15, -0.1) is 0 Å². The fraction of sp³-hybridized carbons (Fsp3) is 0.0714. The fourth-order valence-electron chi connectivity index (χ4n) is 1.80. The first-order valence-corrected chi connectivity index (χ1v) is 5.97. The molecule has 0 saturated carbocycles. The number of aromatic amines is 1. The molecule has 0 amide bonds. The Bertz CT molecular complexity index is 715. The molecular weight excluding hydrogens is 238 g/mol. The van der Waals surface area contributed by atoms with Crippen LogP contribution in [0.2, 0.25) is 0 Å². The maximum absolute atomic E-state index is 4.39. The van der Waals surface area contributed by atoms with Crippen LogP contribution in [0, 0.1) is 6.92 Å². The minimum Gasteiger partial charge on any atom is -0.323 e. The lowest BCUT2D eigenvalue weighted by molar-refractivity contribution is 1.21. The van der Waals surface area contributed by atoms with Gasteiger partial charge in [0.25, 0.3) is 0 Å². The summed E-state index contributed by atoms with van der Waals surface area (Å²) < 4.78 is 0. The monoisotopic (exact) mass is 251 g/mol. The summed E-state index contributed by atoms with van der Waals surface area (Å²) in [6.07, 6.45) is 5.17. The number of H-pyrrole nitrogens is 1. The number of hydrogen-bond donors (Lipinski definition) is 2. The zero-order valence-electron chi connectivity index (χ0n) is 10.5. The van der Waals surface area contributed by atoms with E-state index in [-0.39, 0.29) is 0 Å². The molecule has 19 heavy (non-hydrogen) atoms. The van der Waals surface area contributed by atoms with Gasteiger partial charge in [-0.05, 0) is 30.7 Å². The van der Waals surface area contributed by atoms with Gasteiger partial charge in [-0.25, -0.2) is 10.4 Å². The van der Waals surface area contributed by atoms with Crippen LogP contribution in [0.15, 0.2) is 47.8 Å². The molecule has 0 spiro atoms. The molecule has 0 bridgehead atoms. The van der Waals surface area contributed by atoms with Crippen LogP contribution in [-0.4, -0.2) is 21.2 Å². The Kier molecular flexibility index (Phi) is 2.94. The molecule has 0 atom stereocenters. The highest BCUT2D eigenvalue weighted by Crippen LogP contribution is 2.15. The molecule has 5 nitrogen and oxygen atoms in total. The summed E-state index contributed by atoms with van der Waals surface area (Å²) >= 11 is 0. The summed E-state index contributed by atoms with van der Waals surface area (Å²) in [5.74, 6) is 0.626. The molecule has 0 radical (unpaired) electrons. The van der Waals surface area contributed by atoms with Crippen molar-refractivity contribution < 1.29 is 0 Å². The summed E-state index contributed by atoms with van der Waals surface area (Å²) in [5, 5.41) is 4.12. The number of imidazole rings is 1. The van der Waals surface area contributed by atoms with Gasteiger partial charge in [0.1, 0.15) is 0 Å². The Hall–Kier alpha value is -2.69. The highest BCUT2D eigenvalue weighted by molar-refractivity contribution is 5.80. The van der Waals surface area contributed by atoms with Crippen LogP contribution in [-0.2, 0) is 0 Å². The molecule has 0 saturated heterocycles. The minimum absolute atomic E-state index is 0.626. The molecule has 0 aliphatic rings. The number of rotatable bonds is 3. The first kappa shape index (κ1) is 11.4. The zero-order chi connectivity index (χ0) is 13.1. The second-order valence-electron chi connectivity index (χ2n) is 4.26. The third-order valence-electron chi connectivity index (χ3n) is 2.71. The van der Waals surface area contributed by atoms with Gasteiger partial charge < -0.3 is 4.98 Å². The maximum atomic E-state index is 4.39. The number of nitrogens with one attached hydrogen (secondary N) is 2. The third kappa shape index (κ3) is 2.60. The van der Waals surface area contributed by atoms with Crippen LogP contribution in [0.25, 0.3) is 11.0 Å². The van der Waals surface area contributed by atoms with Crippen molar-refractivity contribution in [1.82, 2.24) is 15.0 Å². The molecule has 5 heteroatoms. The first-order chi connectivity index (χ1) is 9.31. The Balaban J connectivity index is 1.77. The largest absolute Gasteiger partial charge is 0.323 e. The molecule has 1 aromatic carbocycles. The topological polar surface area (TPSA) is 66.0 Å². The number of benzene rings is 1. The average Bonchev–Trinajstić information content (AvgIpc) is 2.82. The predicted octanol–water partition coefficient (Wildman–Crippen LogP) is 2.71. The van der Waals surface area contributed by atoms with Crippen LogP contribution in [0.1, 0.15) is 11.1 Å². The average molecular weight is 251 g/mol. The molecule has 0 aliphatic heterocycles. The molecule has 3 aromatic rings. The van der Waals surface area contributed by atoms with E-state index in [2.05, 4.69) is 31.5 Å². The van der Waals surface area contributed by atoms with Gasteiger partial charge in [-0.2, -0.15) is 5.10 Å². The lowest BCUT2D eigenvalue weighted by atomic mass is 10.2. The zero-order valence-corrected chi connectivity index (χ0v) is 10.5. The van der Waals surface area contributed by atoms with E-state index in [4.69, 9.17) is 0 Å². The summed E-state index contributed by atoms with van der Waals surface area (Å²) in [7, 11) is 0. The molecule has 0 aliphatic carbocycles. The summed E-state index contributed by atoms with van der Waals surface area (Å²) in [6, 6.07) is 9.87. The number of pyridine rings is 1. The second-order valence-corrected chi connectivity index (χ2v) is 4.26. The minimum atomic E-state index is 0.626. The number of nitrogens with zero attached hydrogens (tertiary/aromatic N) is 3. The molecule has 94 valence electrons. The quantitative estimate of drug-likeness (QED) is 0.555. The van der Waals surface area contributed by atoms with Crippen LogP contribution < -0.4 is 5.43 Å². The van der Waals surface area contributed by atoms with Crippen molar-refractivity contribution in [2.24, 2.45) is 5.10 Å². The Morgan fingerprint density at radius 1 is 1.32 bits per heavy atom. The van der Waals surface area contributed by atoms with Crippen LogP contribution >= 0.6 is 0 Å². The lowest BCUT2D eigenvalue weighted by Gasteiger charge is -1.93. The van der Waals surface area contributed by atoms with Gasteiger partial charge in [0, 0.05) is 18.0 Å². The molecule has 2 aromatic heterocycles. The molecular formula is C14H13N5. The first-order valence-electron chi connectivity index (χ1n) is 5.97. The van der Waals surface area contributed by atoms with Gasteiger partial charge in [0.05, 0.1) is 17.2 Å². The van der Waals surface area contributed by atoms with Crippen molar-refractivity contribution in [1.29, 1.82) is 0 Å². The lowest BCUT2D eigenvalue weighted by Crippen LogP contribution is -1.92. The Morgan fingerprint density at radius 3 is 3.11 bits per heavy atom. The van der Waals surface area contributed by atoms with Crippen molar-refractivity contribution in [3.05, 3.63) is 53.9 Å². The van der Waals surface area contributed by atoms with Gasteiger partial charge in [-0.3, -0.25) is 4.98 Å². The Labute approximate surface area is 110 Å². The highest BCUT2D eigenvalue weighted by Gasteiger charge is 2.00. The van der Waals surface area contributed by atoms with E-state index in [1.807, 2.05) is 31.2 Å². The highest BCUT2D eigenvalue weighted by atomic mass is 15.3. The molecule has 0 unspecified atom stereocenters. The van der Waals surface area contributed by atoms with Crippen molar-refractivity contribution in [3.63, 3.8) is 0 Å². The molecule has 3 rings (SSSR count). The third-order valence-corrected chi connectivity index (χ3v) is 2.71. The molecule has 2 N–H and O–H groups in total. The smallest absolute Gasteiger partial charge is 0.222 e. The van der Waals surface area contributed by atoms with Gasteiger partial charge in [-0.1, -0.05) is 12.1 Å². The predicted molar refractivity (Wildman–Crippen MR) is 76.3 cm³/mol. The van der Waals surface area contributed by atoms with Crippen molar-refractivity contribution in [2.75, 3.05) is 5.43 Å². The number of aryl methyl sites for hydroxylation is 1. The standard InChI is InChI=1S/C14H13N5/c1-10-4-5-12-13(7-10)18-14(17-12)19-16-9-11-3-2-6-15-8-11/h2-9H,1H3,(H2,17,18,19)/b16-9-. The van der Waals surface area contributed by atoms with Crippen molar-refractivity contribution >= 4 is 23.2 Å². The summed E-state index contributed by atoms with van der Waals surface area (Å²) in [5.41, 5.74) is 6.93. The van der Waals surface area contributed by atoms with E-state index >= 15 is 0 Å². The van der Waals surface area contributed by atoms with Gasteiger partial charge >= 0.3 is 0 Å². The fourth-order valence-corrected chi connectivity index (χ4v) is 1.80. The number of aromatic nitrogens is 3. The summed E-state index contributed by atoms with van der Waals surface area (Å²) in [4.78, 5) is 11.6. The van der Waals surface area contributed by atoms with E-state index in [1.54, 1.807) is 18.6 Å². The number of hydrogen-bond acceptors (Lipinski definition) is 4. The number of fused-ring (bicyclic) bond motifs is 1. The van der Waals surface area contributed by atoms with Gasteiger partial charge in [0.2, 0.25) is 5.95 Å². The summed E-state index contributed by atoms with van der Waals surface area (Å²) in [6.45, 7) is 2.05. The van der Waals surface area contributed by atoms with E-state index in [0.29, 0.717) is 5.95 Å². The van der Waals surface area contributed by atoms with Crippen LogP contribution in [0.5, 0.6) is 0 Å². The van der Waals surface area contributed by atoms with Crippen LogP contribution in [0.4, 0.5) is 5.95 Å². The molecule has 2 heterocycles. The second kappa shape index (κ2) is 4.89.